The van der Waals surface area contributed by atoms with Crippen molar-refractivity contribution in [2.75, 3.05) is 0 Å². The highest BCUT2D eigenvalue weighted by molar-refractivity contribution is 7.98. The number of rotatable bonds is 5. The van der Waals surface area contributed by atoms with Gasteiger partial charge < -0.3 is 0 Å². The van der Waals surface area contributed by atoms with Crippen LogP contribution in [0.1, 0.15) is 16.7 Å². The van der Waals surface area contributed by atoms with E-state index in [-0.39, 0.29) is 0 Å². The van der Waals surface area contributed by atoms with E-state index in [1.165, 1.54) is 16.7 Å². The molecule has 134 valence electrons. The van der Waals surface area contributed by atoms with Crippen molar-refractivity contribution < 1.29 is 0 Å². The second-order valence-electron chi connectivity index (χ2n) is 6.49. The van der Waals surface area contributed by atoms with Crippen LogP contribution in [0.4, 0.5) is 0 Å². The average Bonchev–Trinajstić information content (AvgIpc) is 3.12. The fourth-order valence-electron chi connectivity index (χ4n) is 2.88. The minimum atomic E-state index is 0.828. The highest BCUT2D eigenvalue weighted by atomic mass is 32.2. The van der Waals surface area contributed by atoms with Crippen LogP contribution in [0.25, 0.3) is 17.1 Å². The zero-order valence-corrected chi connectivity index (χ0v) is 16.1. The van der Waals surface area contributed by atoms with Crippen molar-refractivity contribution in [3.05, 3.63) is 89.7 Å². The van der Waals surface area contributed by atoms with Crippen LogP contribution in [0, 0.1) is 13.8 Å². The molecule has 0 aliphatic rings. The van der Waals surface area contributed by atoms with Crippen LogP contribution in [-0.2, 0) is 5.75 Å². The molecule has 0 amide bonds. The molecule has 2 aromatic carbocycles. The van der Waals surface area contributed by atoms with Gasteiger partial charge in [0.15, 0.2) is 11.0 Å². The lowest BCUT2D eigenvalue weighted by Gasteiger charge is -2.11. The predicted octanol–water partition coefficient (Wildman–Crippen LogP) is 5.24. The van der Waals surface area contributed by atoms with Gasteiger partial charge in [-0.1, -0.05) is 53.7 Å². The maximum Gasteiger partial charge on any atom is 0.196 e. The number of benzene rings is 2. The Morgan fingerprint density at radius 2 is 1.63 bits per heavy atom. The van der Waals surface area contributed by atoms with Gasteiger partial charge in [-0.3, -0.25) is 9.55 Å². The lowest BCUT2D eigenvalue weighted by Crippen LogP contribution is -2.00. The molecular formula is C22H20N4S. The molecule has 0 radical (unpaired) electrons. The van der Waals surface area contributed by atoms with Gasteiger partial charge in [0.1, 0.15) is 0 Å². The Balaban J connectivity index is 1.73. The fraction of sp³-hybridized carbons (Fsp3) is 0.136. The first kappa shape index (κ1) is 17.5. The number of pyridine rings is 1. The zero-order chi connectivity index (χ0) is 18.6. The SMILES string of the molecule is Cc1ccc(CSc2nnc(-c3ccncc3)n2-c2cccc(C)c2)cc1. The van der Waals surface area contributed by atoms with Gasteiger partial charge >= 0.3 is 0 Å². The molecule has 0 saturated heterocycles. The summed E-state index contributed by atoms with van der Waals surface area (Å²) in [6.45, 7) is 4.20. The van der Waals surface area contributed by atoms with Gasteiger partial charge in [0.25, 0.3) is 0 Å². The summed E-state index contributed by atoms with van der Waals surface area (Å²) in [7, 11) is 0. The molecule has 0 aliphatic heterocycles. The normalized spacial score (nSPS) is 10.9. The fourth-order valence-corrected chi connectivity index (χ4v) is 3.79. The summed E-state index contributed by atoms with van der Waals surface area (Å²) in [6.07, 6.45) is 3.56. The molecule has 0 spiro atoms. The Kier molecular flexibility index (Phi) is 5.03. The zero-order valence-electron chi connectivity index (χ0n) is 15.3. The minimum absolute atomic E-state index is 0.828. The smallest absolute Gasteiger partial charge is 0.196 e. The van der Waals surface area contributed by atoms with Crippen molar-refractivity contribution in [3.8, 4) is 17.1 Å². The monoisotopic (exact) mass is 372 g/mol. The molecule has 2 heterocycles. The minimum Gasteiger partial charge on any atom is -0.270 e. The molecule has 0 fully saturated rings. The maximum absolute atomic E-state index is 4.49. The first-order valence-corrected chi connectivity index (χ1v) is 9.80. The van der Waals surface area contributed by atoms with E-state index in [0.29, 0.717) is 0 Å². The van der Waals surface area contributed by atoms with Gasteiger partial charge in [-0.2, -0.15) is 0 Å². The summed E-state index contributed by atoms with van der Waals surface area (Å²) < 4.78 is 2.13. The molecule has 0 saturated carbocycles. The second kappa shape index (κ2) is 7.76. The second-order valence-corrected chi connectivity index (χ2v) is 7.43. The molecule has 5 heteroatoms. The Morgan fingerprint density at radius 1 is 0.852 bits per heavy atom. The molecule has 27 heavy (non-hydrogen) atoms. The van der Waals surface area contributed by atoms with Crippen LogP contribution in [0.5, 0.6) is 0 Å². The maximum atomic E-state index is 4.49. The van der Waals surface area contributed by atoms with Crippen LogP contribution in [0.15, 0.2) is 78.2 Å². The quantitative estimate of drug-likeness (QED) is 0.450. The molecular weight excluding hydrogens is 352 g/mol. The summed E-state index contributed by atoms with van der Waals surface area (Å²) in [5.41, 5.74) is 5.82. The predicted molar refractivity (Wildman–Crippen MR) is 110 cm³/mol. The van der Waals surface area contributed by atoms with Crippen LogP contribution in [-0.4, -0.2) is 19.7 Å². The Morgan fingerprint density at radius 3 is 2.37 bits per heavy atom. The van der Waals surface area contributed by atoms with Crippen LogP contribution in [0.3, 0.4) is 0 Å². The molecule has 0 bridgehead atoms. The van der Waals surface area contributed by atoms with Gasteiger partial charge in [0.05, 0.1) is 0 Å². The lowest BCUT2D eigenvalue weighted by molar-refractivity contribution is 0.885. The molecule has 4 nitrogen and oxygen atoms in total. The van der Waals surface area contributed by atoms with E-state index < -0.39 is 0 Å². The molecule has 0 unspecified atom stereocenters. The van der Waals surface area contributed by atoms with Crippen molar-refractivity contribution in [2.45, 2.75) is 24.8 Å². The van der Waals surface area contributed by atoms with E-state index in [1.807, 2.05) is 12.1 Å². The summed E-state index contributed by atoms with van der Waals surface area (Å²) in [5, 5.41) is 9.85. The number of nitrogens with zero attached hydrogens (tertiary/aromatic N) is 4. The molecule has 2 aromatic heterocycles. The van der Waals surface area contributed by atoms with Gasteiger partial charge in [-0.25, -0.2) is 0 Å². The number of hydrogen-bond acceptors (Lipinski definition) is 4. The summed E-state index contributed by atoms with van der Waals surface area (Å²) in [6, 6.07) is 21.0. The van der Waals surface area contributed by atoms with Crippen LogP contribution < -0.4 is 0 Å². The summed E-state index contributed by atoms with van der Waals surface area (Å²) in [5.74, 6) is 1.68. The van der Waals surface area contributed by atoms with E-state index in [0.717, 1.165) is 28.0 Å². The number of thioether (sulfide) groups is 1. The van der Waals surface area contributed by atoms with Crippen molar-refractivity contribution >= 4 is 11.8 Å². The number of hydrogen-bond donors (Lipinski definition) is 0. The first-order chi connectivity index (χ1) is 13.2. The van der Waals surface area contributed by atoms with E-state index >= 15 is 0 Å². The average molecular weight is 372 g/mol. The first-order valence-electron chi connectivity index (χ1n) is 8.82. The van der Waals surface area contributed by atoms with Gasteiger partial charge in [-0.05, 0) is 49.2 Å². The Hall–Kier alpha value is -2.92. The molecule has 4 rings (SSSR count). The van der Waals surface area contributed by atoms with E-state index in [9.17, 15) is 0 Å². The van der Waals surface area contributed by atoms with Crippen LogP contribution in [0.2, 0.25) is 0 Å². The highest BCUT2D eigenvalue weighted by Crippen LogP contribution is 2.29. The third-order valence-corrected chi connectivity index (χ3v) is 5.32. The van der Waals surface area contributed by atoms with Crippen LogP contribution >= 0.6 is 11.8 Å². The van der Waals surface area contributed by atoms with Gasteiger partial charge in [0.2, 0.25) is 0 Å². The largest absolute Gasteiger partial charge is 0.270 e. The number of aromatic nitrogens is 4. The van der Waals surface area contributed by atoms with Crippen molar-refractivity contribution in [1.82, 2.24) is 19.7 Å². The van der Waals surface area contributed by atoms with Crippen molar-refractivity contribution in [1.29, 1.82) is 0 Å². The Labute approximate surface area is 163 Å². The third kappa shape index (κ3) is 3.93. The molecule has 0 aliphatic carbocycles. The number of aryl methyl sites for hydroxylation is 2. The van der Waals surface area contributed by atoms with Crippen molar-refractivity contribution in [2.24, 2.45) is 0 Å². The molecule has 0 atom stereocenters. The third-order valence-electron chi connectivity index (χ3n) is 4.32. The molecule has 4 aromatic rings. The van der Waals surface area contributed by atoms with E-state index in [2.05, 4.69) is 82.1 Å². The van der Waals surface area contributed by atoms with Crippen molar-refractivity contribution in [3.63, 3.8) is 0 Å². The lowest BCUT2D eigenvalue weighted by atomic mass is 10.2. The van der Waals surface area contributed by atoms with Gasteiger partial charge in [0, 0.05) is 29.4 Å². The standard InChI is InChI=1S/C22H20N4S/c1-16-6-8-18(9-7-16)15-27-22-25-24-21(19-10-12-23-13-11-19)26(22)20-5-3-4-17(2)14-20/h3-14H,15H2,1-2H3. The highest BCUT2D eigenvalue weighted by Gasteiger charge is 2.16. The Bertz CT molecular complexity index is 1040. The van der Waals surface area contributed by atoms with E-state index in [4.69, 9.17) is 0 Å². The van der Waals surface area contributed by atoms with Gasteiger partial charge in [-0.15, -0.1) is 10.2 Å². The summed E-state index contributed by atoms with van der Waals surface area (Å²) in [4.78, 5) is 4.11. The molecule has 0 N–H and O–H groups in total. The summed E-state index contributed by atoms with van der Waals surface area (Å²) >= 11 is 1.70. The van der Waals surface area contributed by atoms with E-state index in [1.54, 1.807) is 24.2 Å². The topological polar surface area (TPSA) is 43.6 Å².